The minimum absolute atomic E-state index is 0.0637. The molecule has 0 fully saturated rings. The van der Waals surface area contributed by atoms with Gasteiger partial charge in [0.2, 0.25) is 5.13 Å². The van der Waals surface area contributed by atoms with Crippen LogP contribution in [0.1, 0.15) is 16.1 Å². The molecule has 1 aliphatic rings. The van der Waals surface area contributed by atoms with E-state index in [4.69, 9.17) is 13.9 Å². The van der Waals surface area contributed by atoms with Crippen molar-refractivity contribution in [1.29, 1.82) is 0 Å². The summed E-state index contributed by atoms with van der Waals surface area (Å²) in [6, 6.07) is 11.3. The zero-order chi connectivity index (χ0) is 22.9. The molecule has 0 saturated heterocycles. The smallest absolute Gasteiger partial charge is 0.433 e. The summed E-state index contributed by atoms with van der Waals surface area (Å²) in [6.45, 7) is 0.765. The molecule has 3 heterocycles. The van der Waals surface area contributed by atoms with Crippen LogP contribution in [0, 0.1) is 15.9 Å². The molecule has 2 aromatic carbocycles. The highest BCUT2D eigenvalue weighted by Gasteiger charge is 2.24. The molecule has 1 aliphatic heterocycles. The van der Waals surface area contributed by atoms with E-state index in [2.05, 4.69) is 10.1 Å². The van der Waals surface area contributed by atoms with Gasteiger partial charge in [-0.2, -0.15) is 10.1 Å². The number of hydrazone groups is 1. The van der Waals surface area contributed by atoms with E-state index in [1.165, 1.54) is 36.4 Å². The molecular formula is C21H13FN4O6S. The van der Waals surface area contributed by atoms with Gasteiger partial charge < -0.3 is 13.9 Å². The van der Waals surface area contributed by atoms with Crippen LogP contribution in [0.3, 0.4) is 0 Å². The lowest BCUT2D eigenvalue weighted by atomic mass is 10.2. The van der Waals surface area contributed by atoms with Crippen molar-refractivity contribution in [3.63, 3.8) is 0 Å². The van der Waals surface area contributed by atoms with E-state index in [0.29, 0.717) is 34.9 Å². The van der Waals surface area contributed by atoms with Crippen molar-refractivity contribution < 1.29 is 28.0 Å². The number of furan rings is 1. The highest BCUT2D eigenvalue weighted by atomic mass is 32.1. The van der Waals surface area contributed by atoms with Crippen LogP contribution in [-0.4, -0.2) is 35.2 Å². The Morgan fingerprint density at radius 3 is 2.76 bits per heavy atom. The number of thiazole rings is 1. The second-order valence-corrected chi connectivity index (χ2v) is 7.77. The van der Waals surface area contributed by atoms with Crippen molar-refractivity contribution in [2.75, 3.05) is 18.2 Å². The number of hydrogen-bond donors (Lipinski definition) is 0. The van der Waals surface area contributed by atoms with Crippen LogP contribution < -0.4 is 14.5 Å². The number of aromatic nitrogens is 1. The number of hydrogen-bond acceptors (Lipinski definition) is 9. The summed E-state index contributed by atoms with van der Waals surface area (Å²) in [5.41, 5.74) is 0.729. The Morgan fingerprint density at radius 2 is 1.97 bits per heavy atom. The summed E-state index contributed by atoms with van der Waals surface area (Å²) >= 11 is 1.06. The zero-order valence-corrected chi connectivity index (χ0v) is 17.5. The van der Waals surface area contributed by atoms with Crippen LogP contribution in [-0.2, 0) is 0 Å². The van der Waals surface area contributed by atoms with E-state index in [1.807, 2.05) is 0 Å². The van der Waals surface area contributed by atoms with Crippen molar-refractivity contribution in [2.24, 2.45) is 5.10 Å². The van der Waals surface area contributed by atoms with Gasteiger partial charge in [-0.25, -0.2) is 9.37 Å². The average molecular weight is 468 g/mol. The number of fused-ring (bicyclic) bond motifs is 2. The van der Waals surface area contributed by atoms with Gasteiger partial charge in [-0.3, -0.25) is 14.9 Å². The molecule has 0 unspecified atom stereocenters. The topological polar surface area (TPSA) is 120 Å². The van der Waals surface area contributed by atoms with Crippen LogP contribution in [0.25, 0.3) is 10.2 Å². The summed E-state index contributed by atoms with van der Waals surface area (Å²) in [5.74, 6) is -0.446. The maximum atomic E-state index is 13.6. The minimum Gasteiger partial charge on any atom is -0.486 e. The molecule has 10 nitrogen and oxygen atoms in total. The molecule has 0 spiro atoms. The molecule has 0 aliphatic carbocycles. The molecule has 33 heavy (non-hydrogen) atoms. The van der Waals surface area contributed by atoms with E-state index in [0.717, 1.165) is 22.6 Å². The van der Waals surface area contributed by atoms with Gasteiger partial charge in [0.15, 0.2) is 17.3 Å². The average Bonchev–Trinajstić information content (AvgIpc) is 3.46. The predicted molar refractivity (Wildman–Crippen MR) is 117 cm³/mol. The van der Waals surface area contributed by atoms with Crippen LogP contribution >= 0.6 is 11.3 Å². The summed E-state index contributed by atoms with van der Waals surface area (Å²) < 4.78 is 30.3. The van der Waals surface area contributed by atoms with Gasteiger partial charge >= 0.3 is 5.88 Å². The number of ether oxygens (including phenoxy) is 2. The molecule has 0 saturated carbocycles. The molecular weight excluding hydrogens is 455 g/mol. The minimum atomic E-state index is -0.683. The summed E-state index contributed by atoms with van der Waals surface area (Å²) in [6.07, 6.45) is 1.16. The zero-order valence-electron chi connectivity index (χ0n) is 16.6. The SMILES string of the molecule is O=C(c1ccc2c(c1)OCCO2)N(/N=C/c1ccc([N+](=O)[O-])o1)c1nc2ccc(F)cc2s1. The molecule has 1 amide bonds. The largest absolute Gasteiger partial charge is 0.486 e. The number of amides is 1. The lowest BCUT2D eigenvalue weighted by Crippen LogP contribution is -2.26. The monoisotopic (exact) mass is 468 g/mol. The Morgan fingerprint density at radius 1 is 1.15 bits per heavy atom. The Bertz CT molecular complexity index is 1420. The molecule has 4 aromatic rings. The highest BCUT2D eigenvalue weighted by Crippen LogP contribution is 2.34. The Kier molecular flexibility index (Phi) is 5.18. The number of nitro groups is 1. The van der Waals surface area contributed by atoms with E-state index >= 15 is 0 Å². The van der Waals surface area contributed by atoms with E-state index < -0.39 is 22.5 Å². The van der Waals surface area contributed by atoms with Gasteiger partial charge in [0.1, 0.15) is 24.0 Å². The van der Waals surface area contributed by atoms with Crippen molar-refractivity contribution >= 4 is 44.7 Å². The number of carbonyl (C=O) groups excluding carboxylic acids is 1. The van der Waals surface area contributed by atoms with E-state index in [-0.39, 0.29) is 16.5 Å². The van der Waals surface area contributed by atoms with E-state index in [9.17, 15) is 19.3 Å². The lowest BCUT2D eigenvalue weighted by Gasteiger charge is -2.19. The first-order chi connectivity index (χ1) is 16.0. The first kappa shape index (κ1) is 20.6. The quantitative estimate of drug-likeness (QED) is 0.242. The number of rotatable bonds is 5. The summed E-state index contributed by atoms with van der Waals surface area (Å²) in [7, 11) is 0. The first-order valence-corrected chi connectivity index (χ1v) is 10.4. The molecule has 166 valence electrons. The van der Waals surface area contributed by atoms with Gasteiger partial charge in [0, 0.05) is 5.56 Å². The number of benzene rings is 2. The molecule has 5 rings (SSSR count). The predicted octanol–water partition coefficient (Wildman–Crippen LogP) is 4.39. The third-order valence-corrected chi connectivity index (χ3v) is 5.59. The molecule has 0 N–H and O–H groups in total. The second kappa shape index (κ2) is 8.31. The molecule has 0 radical (unpaired) electrons. The molecule has 0 bridgehead atoms. The van der Waals surface area contributed by atoms with Crippen molar-refractivity contribution in [1.82, 2.24) is 4.98 Å². The van der Waals surface area contributed by atoms with Crippen molar-refractivity contribution in [2.45, 2.75) is 0 Å². The lowest BCUT2D eigenvalue weighted by molar-refractivity contribution is -0.402. The summed E-state index contributed by atoms with van der Waals surface area (Å²) in [4.78, 5) is 27.9. The first-order valence-electron chi connectivity index (χ1n) is 9.56. The fourth-order valence-corrected chi connectivity index (χ4v) is 4.04. The van der Waals surface area contributed by atoms with Gasteiger partial charge in [-0.15, -0.1) is 0 Å². The third kappa shape index (κ3) is 4.11. The van der Waals surface area contributed by atoms with Gasteiger partial charge in [-0.05, 0) is 42.5 Å². The van der Waals surface area contributed by atoms with Crippen LogP contribution in [0.15, 0.2) is 58.0 Å². The maximum absolute atomic E-state index is 13.6. The van der Waals surface area contributed by atoms with E-state index in [1.54, 1.807) is 12.1 Å². The number of nitrogens with zero attached hydrogens (tertiary/aromatic N) is 4. The third-order valence-electron chi connectivity index (χ3n) is 4.59. The standard InChI is InChI=1S/C21H13FN4O6S/c22-13-2-4-15-18(10-13)33-21(24-15)25(23-11-14-3-6-19(32-14)26(28)29)20(27)12-1-5-16-17(9-12)31-8-7-30-16/h1-6,9-11H,7-8H2/b23-11+. The van der Waals surface area contributed by atoms with Gasteiger partial charge in [0.25, 0.3) is 5.91 Å². The maximum Gasteiger partial charge on any atom is 0.433 e. The Hall–Kier alpha value is -4.32. The molecule has 2 aromatic heterocycles. The van der Waals surface area contributed by atoms with Crippen molar-refractivity contribution in [3.8, 4) is 11.5 Å². The molecule has 0 atom stereocenters. The normalized spacial score (nSPS) is 12.9. The fraction of sp³-hybridized carbons (Fsp3) is 0.0952. The van der Waals surface area contributed by atoms with Crippen LogP contribution in [0.2, 0.25) is 0 Å². The Labute approximate surface area is 188 Å². The van der Waals surface area contributed by atoms with Gasteiger partial charge in [-0.1, -0.05) is 11.3 Å². The van der Waals surface area contributed by atoms with Crippen LogP contribution in [0.4, 0.5) is 15.4 Å². The number of carbonyl (C=O) groups is 1. The number of anilines is 1. The summed E-state index contributed by atoms with van der Waals surface area (Å²) in [5, 5.41) is 16.2. The fourth-order valence-electron chi connectivity index (χ4n) is 3.09. The second-order valence-electron chi connectivity index (χ2n) is 6.76. The van der Waals surface area contributed by atoms with Gasteiger partial charge in [0.05, 0.1) is 22.5 Å². The molecule has 12 heteroatoms. The Balaban J connectivity index is 1.54. The number of halogens is 1. The van der Waals surface area contributed by atoms with Crippen molar-refractivity contribution in [3.05, 3.63) is 75.8 Å². The highest BCUT2D eigenvalue weighted by molar-refractivity contribution is 7.22. The van der Waals surface area contributed by atoms with Crippen LogP contribution in [0.5, 0.6) is 11.5 Å².